The van der Waals surface area contributed by atoms with Crippen molar-refractivity contribution in [1.29, 1.82) is 0 Å². The molecule has 1 aliphatic rings. The first kappa shape index (κ1) is 7.54. The lowest BCUT2D eigenvalue weighted by atomic mass is 9.94. The summed E-state index contributed by atoms with van der Waals surface area (Å²) in [5.74, 6) is 0.376. The van der Waals surface area contributed by atoms with Gasteiger partial charge in [-0.1, -0.05) is 13.8 Å². The average Bonchev–Trinajstić information content (AvgIpc) is 2.17. The van der Waals surface area contributed by atoms with Crippen molar-refractivity contribution in [2.24, 2.45) is 11.8 Å². The summed E-state index contributed by atoms with van der Waals surface area (Å²) in [6.07, 6.45) is 0. The first-order valence-corrected chi connectivity index (χ1v) is 3.58. The van der Waals surface area contributed by atoms with Crippen LogP contribution in [0.15, 0.2) is 0 Å². The van der Waals surface area contributed by atoms with Crippen molar-refractivity contribution >= 4 is 5.91 Å². The smallest absolute Gasteiger partial charge is 0.223 e. The maximum atomic E-state index is 10.9. The van der Waals surface area contributed by atoms with Gasteiger partial charge in [0.15, 0.2) is 0 Å². The Morgan fingerprint density at radius 1 is 1.60 bits per heavy atom. The van der Waals surface area contributed by atoms with Gasteiger partial charge in [-0.2, -0.15) is 0 Å². The summed E-state index contributed by atoms with van der Waals surface area (Å²) in [7, 11) is 0. The van der Waals surface area contributed by atoms with Crippen LogP contribution in [0.1, 0.15) is 13.8 Å². The third kappa shape index (κ3) is 1.01. The zero-order valence-electron chi connectivity index (χ0n) is 6.29. The summed E-state index contributed by atoms with van der Waals surface area (Å²) < 4.78 is 0. The Balaban J connectivity index is 2.61. The van der Waals surface area contributed by atoms with E-state index in [0.29, 0.717) is 0 Å². The van der Waals surface area contributed by atoms with Crippen LogP contribution in [0.3, 0.4) is 0 Å². The number of aliphatic hydroxyl groups excluding tert-OH is 1. The molecule has 0 aromatic heterocycles. The van der Waals surface area contributed by atoms with Gasteiger partial charge in [-0.3, -0.25) is 4.79 Å². The van der Waals surface area contributed by atoms with Crippen LogP contribution in [0.2, 0.25) is 0 Å². The third-order valence-corrected chi connectivity index (χ3v) is 2.36. The third-order valence-electron chi connectivity index (χ3n) is 2.36. The fraction of sp³-hybridized carbons (Fsp3) is 0.857. The molecule has 1 fully saturated rings. The van der Waals surface area contributed by atoms with Gasteiger partial charge in [0.05, 0.1) is 12.6 Å². The Hall–Kier alpha value is -0.570. The Labute approximate surface area is 60.4 Å². The minimum absolute atomic E-state index is 0.0255. The largest absolute Gasteiger partial charge is 0.394 e. The molecule has 2 N–H and O–H groups in total. The highest BCUT2D eigenvalue weighted by atomic mass is 16.3. The lowest BCUT2D eigenvalue weighted by molar-refractivity contribution is -0.122. The van der Waals surface area contributed by atoms with Crippen molar-refractivity contribution in [3.8, 4) is 0 Å². The van der Waals surface area contributed by atoms with Gasteiger partial charge in [0, 0.05) is 5.92 Å². The van der Waals surface area contributed by atoms with E-state index >= 15 is 0 Å². The lowest BCUT2D eigenvalue weighted by Gasteiger charge is -2.12. The highest BCUT2D eigenvalue weighted by molar-refractivity contribution is 5.81. The van der Waals surface area contributed by atoms with Crippen LogP contribution in [0.5, 0.6) is 0 Å². The molecule has 58 valence electrons. The number of hydrogen-bond acceptors (Lipinski definition) is 2. The summed E-state index contributed by atoms with van der Waals surface area (Å²) in [5.41, 5.74) is 0. The molecule has 1 amide bonds. The number of aliphatic hydroxyl groups is 1. The highest BCUT2D eigenvalue weighted by Gasteiger charge is 2.35. The van der Waals surface area contributed by atoms with E-state index < -0.39 is 0 Å². The van der Waals surface area contributed by atoms with Crippen molar-refractivity contribution in [2.45, 2.75) is 19.9 Å². The SMILES string of the molecule is CC1C(=O)N[C@H](CO)[C@@H]1C. The van der Waals surface area contributed by atoms with Crippen LogP contribution in [-0.2, 0) is 4.79 Å². The van der Waals surface area contributed by atoms with Crippen molar-refractivity contribution < 1.29 is 9.90 Å². The van der Waals surface area contributed by atoms with Crippen LogP contribution in [0, 0.1) is 11.8 Å². The number of carbonyl (C=O) groups excluding carboxylic acids is 1. The molecule has 0 radical (unpaired) electrons. The van der Waals surface area contributed by atoms with Crippen molar-refractivity contribution in [3.05, 3.63) is 0 Å². The minimum atomic E-state index is -0.0255. The minimum Gasteiger partial charge on any atom is -0.394 e. The second-order valence-electron chi connectivity index (χ2n) is 2.95. The van der Waals surface area contributed by atoms with Gasteiger partial charge in [-0.15, -0.1) is 0 Å². The summed E-state index contributed by atoms with van der Waals surface area (Å²) in [5, 5.41) is 11.5. The molecular formula is C7H13NO2. The molecule has 1 aliphatic heterocycles. The van der Waals surface area contributed by atoms with E-state index in [-0.39, 0.29) is 30.4 Å². The number of rotatable bonds is 1. The van der Waals surface area contributed by atoms with Gasteiger partial charge in [0.1, 0.15) is 0 Å². The molecule has 0 spiro atoms. The van der Waals surface area contributed by atoms with Crippen molar-refractivity contribution in [3.63, 3.8) is 0 Å². The molecule has 1 heterocycles. The Kier molecular flexibility index (Phi) is 1.94. The van der Waals surface area contributed by atoms with Gasteiger partial charge >= 0.3 is 0 Å². The standard InChI is InChI=1S/C7H13NO2/c1-4-5(2)7(10)8-6(4)3-9/h4-6,9H,3H2,1-2H3,(H,8,10)/t4-,5?,6-/m1/s1. The van der Waals surface area contributed by atoms with E-state index in [1.807, 2.05) is 13.8 Å². The fourth-order valence-electron chi connectivity index (χ4n) is 1.24. The monoisotopic (exact) mass is 143 g/mol. The molecule has 0 aromatic rings. The first-order valence-electron chi connectivity index (χ1n) is 3.58. The predicted octanol–water partition coefficient (Wildman–Crippen LogP) is -0.251. The van der Waals surface area contributed by atoms with Crippen LogP contribution in [0.4, 0.5) is 0 Å². The van der Waals surface area contributed by atoms with Crippen LogP contribution >= 0.6 is 0 Å². The second-order valence-corrected chi connectivity index (χ2v) is 2.95. The molecule has 1 rings (SSSR count). The number of carbonyl (C=O) groups is 1. The van der Waals surface area contributed by atoms with Gasteiger partial charge in [-0.25, -0.2) is 0 Å². The molecule has 3 nitrogen and oxygen atoms in total. The van der Waals surface area contributed by atoms with Crippen LogP contribution in [0.25, 0.3) is 0 Å². The molecular weight excluding hydrogens is 130 g/mol. The molecule has 3 atom stereocenters. The summed E-state index contributed by atoms with van der Waals surface area (Å²) in [4.78, 5) is 10.9. The molecule has 1 saturated heterocycles. The highest BCUT2D eigenvalue weighted by Crippen LogP contribution is 2.21. The second kappa shape index (κ2) is 2.58. The molecule has 10 heavy (non-hydrogen) atoms. The zero-order chi connectivity index (χ0) is 7.72. The summed E-state index contributed by atoms with van der Waals surface area (Å²) in [6, 6.07) is -0.0255. The molecule has 0 aromatic carbocycles. The maximum Gasteiger partial charge on any atom is 0.223 e. The van der Waals surface area contributed by atoms with Gasteiger partial charge in [-0.05, 0) is 5.92 Å². The zero-order valence-corrected chi connectivity index (χ0v) is 6.29. The number of nitrogens with one attached hydrogen (secondary N) is 1. The lowest BCUT2D eigenvalue weighted by Crippen LogP contribution is -2.31. The molecule has 3 heteroatoms. The van der Waals surface area contributed by atoms with E-state index in [9.17, 15) is 4.79 Å². The number of hydrogen-bond donors (Lipinski definition) is 2. The fourth-order valence-corrected chi connectivity index (χ4v) is 1.24. The first-order chi connectivity index (χ1) is 4.66. The summed E-state index contributed by atoms with van der Waals surface area (Å²) >= 11 is 0. The maximum absolute atomic E-state index is 10.9. The molecule has 0 bridgehead atoms. The van der Waals surface area contributed by atoms with E-state index in [1.165, 1.54) is 0 Å². The quantitative estimate of drug-likeness (QED) is 0.531. The predicted molar refractivity (Wildman–Crippen MR) is 37.3 cm³/mol. The van der Waals surface area contributed by atoms with Crippen molar-refractivity contribution in [1.82, 2.24) is 5.32 Å². The van der Waals surface area contributed by atoms with Crippen LogP contribution < -0.4 is 5.32 Å². The van der Waals surface area contributed by atoms with E-state index in [1.54, 1.807) is 0 Å². The topological polar surface area (TPSA) is 49.3 Å². The van der Waals surface area contributed by atoms with Gasteiger partial charge in [0.2, 0.25) is 5.91 Å². The Morgan fingerprint density at radius 3 is 2.40 bits per heavy atom. The normalized spacial score (nSPS) is 39.9. The van der Waals surface area contributed by atoms with E-state index in [4.69, 9.17) is 5.11 Å². The van der Waals surface area contributed by atoms with Gasteiger partial charge in [0.25, 0.3) is 0 Å². The van der Waals surface area contributed by atoms with E-state index in [0.717, 1.165) is 0 Å². The van der Waals surface area contributed by atoms with E-state index in [2.05, 4.69) is 5.32 Å². The van der Waals surface area contributed by atoms with Crippen molar-refractivity contribution in [2.75, 3.05) is 6.61 Å². The van der Waals surface area contributed by atoms with Gasteiger partial charge < -0.3 is 10.4 Å². The number of amides is 1. The molecule has 0 saturated carbocycles. The molecule has 1 unspecified atom stereocenters. The van der Waals surface area contributed by atoms with Crippen LogP contribution in [-0.4, -0.2) is 23.7 Å². The Bertz CT molecular complexity index is 147. The average molecular weight is 143 g/mol. The Morgan fingerprint density at radius 2 is 2.20 bits per heavy atom. The summed E-state index contributed by atoms with van der Waals surface area (Å²) in [6.45, 7) is 3.91. The molecule has 0 aliphatic carbocycles.